The lowest BCUT2D eigenvalue weighted by atomic mass is 10.2. The number of hydrogen-bond acceptors (Lipinski definition) is 6. The maximum atomic E-state index is 12.0. The van der Waals surface area contributed by atoms with E-state index in [1.165, 1.54) is 27.4 Å². The molecular weight excluding hydrogens is 278 g/mol. The van der Waals surface area contributed by atoms with Crippen LogP contribution in [0.4, 0.5) is 0 Å². The van der Waals surface area contributed by atoms with Crippen LogP contribution in [0.3, 0.4) is 0 Å². The van der Waals surface area contributed by atoms with Crippen LogP contribution in [-0.2, 0) is 14.3 Å². The highest BCUT2D eigenvalue weighted by molar-refractivity contribution is 5.94. The molecule has 21 heavy (non-hydrogen) atoms. The number of carbonyl (C=O) groups is 2. The second-order valence-corrected chi connectivity index (χ2v) is 3.96. The fourth-order valence-corrected chi connectivity index (χ4v) is 1.60. The van der Waals surface area contributed by atoms with Gasteiger partial charge in [-0.1, -0.05) is 6.07 Å². The van der Waals surface area contributed by atoms with Crippen LogP contribution in [0.1, 0.15) is 10.4 Å². The van der Waals surface area contributed by atoms with E-state index in [-0.39, 0.29) is 17.9 Å². The summed E-state index contributed by atoms with van der Waals surface area (Å²) in [5, 5.41) is 2.54. The Morgan fingerprint density at radius 3 is 2.52 bits per heavy atom. The Morgan fingerprint density at radius 2 is 1.90 bits per heavy atom. The van der Waals surface area contributed by atoms with Crippen molar-refractivity contribution in [2.45, 2.75) is 0 Å². The van der Waals surface area contributed by atoms with Gasteiger partial charge in [0.15, 0.2) is 18.1 Å². The minimum Gasteiger partial charge on any atom is -0.493 e. The molecule has 0 aromatic heterocycles. The van der Waals surface area contributed by atoms with Crippen LogP contribution in [0.5, 0.6) is 11.5 Å². The number of esters is 1. The molecule has 0 aliphatic heterocycles. The lowest BCUT2D eigenvalue weighted by Crippen LogP contribution is -2.31. The molecule has 0 aliphatic carbocycles. The smallest absolute Gasteiger partial charge is 0.342 e. The van der Waals surface area contributed by atoms with E-state index in [4.69, 9.17) is 18.9 Å². The predicted molar refractivity (Wildman–Crippen MR) is 74.7 cm³/mol. The molecule has 1 rings (SSSR count). The van der Waals surface area contributed by atoms with Crippen molar-refractivity contribution in [2.75, 3.05) is 41.1 Å². The molecule has 116 valence electrons. The molecule has 1 aromatic rings. The Labute approximate surface area is 123 Å². The van der Waals surface area contributed by atoms with Gasteiger partial charge < -0.3 is 24.3 Å². The summed E-state index contributed by atoms with van der Waals surface area (Å²) in [5.41, 5.74) is 0.196. The average Bonchev–Trinajstić information content (AvgIpc) is 2.51. The monoisotopic (exact) mass is 297 g/mol. The molecule has 1 aromatic carbocycles. The first-order valence-electron chi connectivity index (χ1n) is 6.27. The summed E-state index contributed by atoms with van der Waals surface area (Å²) in [6, 6.07) is 4.83. The topological polar surface area (TPSA) is 83.1 Å². The molecule has 0 saturated heterocycles. The molecule has 0 fully saturated rings. The highest BCUT2D eigenvalue weighted by Gasteiger charge is 2.18. The molecule has 7 heteroatoms. The lowest BCUT2D eigenvalue weighted by molar-refractivity contribution is -0.124. The molecule has 0 bridgehead atoms. The van der Waals surface area contributed by atoms with Gasteiger partial charge >= 0.3 is 5.97 Å². The number of rotatable bonds is 8. The summed E-state index contributed by atoms with van der Waals surface area (Å²) in [6.07, 6.45) is 0. The summed E-state index contributed by atoms with van der Waals surface area (Å²) in [6.45, 7) is 0.377. The summed E-state index contributed by atoms with van der Waals surface area (Å²) >= 11 is 0. The molecule has 0 atom stereocenters. The van der Waals surface area contributed by atoms with Crippen molar-refractivity contribution in [3.05, 3.63) is 23.8 Å². The van der Waals surface area contributed by atoms with Crippen LogP contribution in [-0.4, -0.2) is 53.0 Å². The average molecular weight is 297 g/mol. The Kier molecular flexibility index (Phi) is 7.03. The van der Waals surface area contributed by atoms with Crippen molar-refractivity contribution < 1.29 is 28.5 Å². The first-order valence-corrected chi connectivity index (χ1v) is 6.27. The quantitative estimate of drug-likeness (QED) is 0.559. The SMILES string of the molecule is COCCNC(=O)COC(=O)c1cccc(OC)c1OC. The molecule has 0 spiro atoms. The number of ether oxygens (including phenoxy) is 4. The summed E-state index contributed by atoms with van der Waals surface area (Å²) in [5.74, 6) is -0.379. The zero-order chi connectivity index (χ0) is 15.7. The van der Waals surface area contributed by atoms with E-state index in [9.17, 15) is 9.59 Å². The first kappa shape index (κ1) is 16.8. The van der Waals surface area contributed by atoms with Crippen molar-refractivity contribution in [3.63, 3.8) is 0 Å². The number of nitrogens with one attached hydrogen (secondary N) is 1. The summed E-state index contributed by atoms with van der Waals surface area (Å²) in [4.78, 5) is 23.4. The standard InChI is InChI=1S/C14H19NO6/c1-18-8-7-15-12(16)9-21-14(17)10-5-4-6-11(19-2)13(10)20-3/h4-6H,7-9H2,1-3H3,(H,15,16). The Hall–Kier alpha value is -2.28. The van der Waals surface area contributed by atoms with Crippen molar-refractivity contribution in [2.24, 2.45) is 0 Å². The maximum Gasteiger partial charge on any atom is 0.342 e. The molecule has 0 radical (unpaired) electrons. The van der Waals surface area contributed by atoms with Gasteiger partial charge in [-0.2, -0.15) is 0 Å². The Balaban J connectivity index is 2.62. The van der Waals surface area contributed by atoms with Crippen molar-refractivity contribution >= 4 is 11.9 Å². The Bertz CT molecular complexity index is 488. The van der Waals surface area contributed by atoms with Crippen molar-refractivity contribution in [1.82, 2.24) is 5.32 Å². The van der Waals surface area contributed by atoms with Crippen molar-refractivity contribution in [3.8, 4) is 11.5 Å². The fourth-order valence-electron chi connectivity index (χ4n) is 1.60. The minimum atomic E-state index is -0.660. The molecule has 0 aliphatic rings. The van der Waals surface area contributed by atoms with Crippen LogP contribution < -0.4 is 14.8 Å². The molecule has 0 saturated carbocycles. The van der Waals surface area contributed by atoms with Gasteiger partial charge in [0.05, 0.1) is 20.8 Å². The van der Waals surface area contributed by atoms with Crippen LogP contribution in [0.2, 0.25) is 0 Å². The van der Waals surface area contributed by atoms with Gasteiger partial charge in [0, 0.05) is 13.7 Å². The van der Waals surface area contributed by atoms with E-state index in [0.29, 0.717) is 18.9 Å². The van der Waals surface area contributed by atoms with Gasteiger partial charge in [-0.05, 0) is 12.1 Å². The van der Waals surface area contributed by atoms with Crippen LogP contribution >= 0.6 is 0 Å². The van der Waals surface area contributed by atoms with Gasteiger partial charge in [0.1, 0.15) is 5.56 Å². The molecule has 0 unspecified atom stereocenters. The number of benzene rings is 1. The van der Waals surface area contributed by atoms with Gasteiger partial charge in [-0.25, -0.2) is 4.79 Å². The second-order valence-electron chi connectivity index (χ2n) is 3.96. The largest absolute Gasteiger partial charge is 0.493 e. The molecule has 0 heterocycles. The zero-order valence-corrected chi connectivity index (χ0v) is 12.3. The first-order chi connectivity index (χ1) is 10.1. The minimum absolute atomic E-state index is 0.196. The lowest BCUT2D eigenvalue weighted by Gasteiger charge is -2.12. The van der Waals surface area contributed by atoms with E-state index in [1.807, 2.05) is 0 Å². The number of amides is 1. The molecule has 1 N–H and O–H groups in total. The highest BCUT2D eigenvalue weighted by Crippen LogP contribution is 2.30. The number of hydrogen-bond donors (Lipinski definition) is 1. The number of para-hydroxylation sites is 1. The van der Waals surface area contributed by atoms with E-state index in [2.05, 4.69) is 5.32 Å². The normalized spacial score (nSPS) is 9.86. The summed E-state index contributed by atoms with van der Waals surface area (Å²) in [7, 11) is 4.42. The van der Waals surface area contributed by atoms with E-state index in [0.717, 1.165) is 0 Å². The second kappa shape index (κ2) is 8.80. The number of methoxy groups -OCH3 is 3. The summed E-state index contributed by atoms with van der Waals surface area (Å²) < 4.78 is 19.9. The van der Waals surface area contributed by atoms with Crippen LogP contribution in [0.15, 0.2) is 18.2 Å². The molecular formula is C14H19NO6. The highest BCUT2D eigenvalue weighted by atomic mass is 16.5. The third kappa shape index (κ3) is 4.96. The molecule has 1 amide bonds. The van der Waals surface area contributed by atoms with E-state index >= 15 is 0 Å². The Morgan fingerprint density at radius 1 is 1.14 bits per heavy atom. The zero-order valence-electron chi connectivity index (χ0n) is 12.3. The fraction of sp³-hybridized carbons (Fsp3) is 0.429. The predicted octanol–water partition coefficient (Wildman–Crippen LogP) is 0.623. The number of carbonyl (C=O) groups excluding carboxylic acids is 2. The van der Waals surface area contributed by atoms with Crippen molar-refractivity contribution in [1.29, 1.82) is 0 Å². The third-order valence-corrected chi connectivity index (χ3v) is 2.59. The van der Waals surface area contributed by atoms with Gasteiger partial charge in [-0.3, -0.25) is 4.79 Å². The van der Waals surface area contributed by atoms with Crippen LogP contribution in [0, 0.1) is 0 Å². The van der Waals surface area contributed by atoms with Gasteiger partial charge in [-0.15, -0.1) is 0 Å². The van der Waals surface area contributed by atoms with E-state index in [1.54, 1.807) is 12.1 Å². The van der Waals surface area contributed by atoms with E-state index < -0.39 is 11.9 Å². The third-order valence-electron chi connectivity index (χ3n) is 2.59. The van der Waals surface area contributed by atoms with Crippen LogP contribution in [0.25, 0.3) is 0 Å². The van der Waals surface area contributed by atoms with Gasteiger partial charge in [0.2, 0.25) is 0 Å². The van der Waals surface area contributed by atoms with Gasteiger partial charge in [0.25, 0.3) is 5.91 Å². The maximum absolute atomic E-state index is 12.0. The molecule has 7 nitrogen and oxygen atoms in total.